The average Bonchev–Trinajstić information content (AvgIpc) is 2.75. The maximum absolute atomic E-state index is 10.1. The van der Waals surface area contributed by atoms with Crippen molar-refractivity contribution in [2.45, 2.75) is 45.9 Å². The predicted molar refractivity (Wildman–Crippen MR) is 78.3 cm³/mol. The second kappa shape index (κ2) is 6.17. The zero-order valence-electron chi connectivity index (χ0n) is 11.9. The Morgan fingerprint density at radius 1 is 1.32 bits per heavy atom. The molecule has 19 heavy (non-hydrogen) atoms. The number of rotatable bonds is 6. The van der Waals surface area contributed by atoms with Crippen molar-refractivity contribution in [2.24, 2.45) is 0 Å². The maximum Gasteiger partial charge on any atom is 0.109 e. The van der Waals surface area contributed by atoms with E-state index in [2.05, 4.69) is 41.7 Å². The third kappa shape index (κ3) is 3.33. The molecule has 0 radical (unpaired) electrons. The van der Waals surface area contributed by atoms with Gasteiger partial charge in [0.05, 0.1) is 23.7 Å². The van der Waals surface area contributed by atoms with Gasteiger partial charge in [-0.2, -0.15) is 0 Å². The van der Waals surface area contributed by atoms with Crippen LogP contribution in [-0.4, -0.2) is 33.3 Å². The van der Waals surface area contributed by atoms with Gasteiger partial charge in [0.2, 0.25) is 0 Å². The van der Waals surface area contributed by atoms with E-state index in [1.165, 1.54) is 0 Å². The molecule has 0 aliphatic carbocycles. The van der Waals surface area contributed by atoms with Crippen molar-refractivity contribution in [3.63, 3.8) is 0 Å². The van der Waals surface area contributed by atoms with E-state index in [1.54, 1.807) is 0 Å². The van der Waals surface area contributed by atoms with Gasteiger partial charge < -0.3 is 15.0 Å². The van der Waals surface area contributed by atoms with Crippen molar-refractivity contribution in [1.82, 2.24) is 14.9 Å². The molecule has 2 aromatic rings. The van der Waals surface area contributed by atoms with Crippen LogP contribution in [0.5, 0.6) is 0 Å². The van der Waals surface area contributed by atoms with E-state index in [0.717, 1.165) is 23.3 Å². The van der Waals surface area contributed by atoms with Gasteiger partial charge in [-0.1, -0.05) is 32.9 Å². The van der Waals surface area contributed by atoms with Gasteiger partial charge in [-0.3, -0.25) is 0 Å². The van der Waals surface area contributed by atoms with Crippen LogP contribution in [0.25, 0.3) is 11.0 Å². The van der Waals surface area contributed by atoms with Crippen LogP contribution in [0.3, 0.4) is 0 Å². The minimum Gasteiger partial charge on any atom is -0.390 e. The highest BCUT2D eigenvalue weighted by atomic mass is 16.3. The molecule has 0 bridgehead atoms. The fourth-order valence-electron chi connectivity index (χ4n) is 2.25. The van der Waals surface area contributed by atoms with Gasteiger partial charge in [-0.15, -0.1) is 0 Å². The third-order valence-corrected chi connectivity index (χ3v) is 3.20. The molecule has 1 aromatic heterocycles. The van der Waals surface area contributed by atoms with Crippen LogP contribution in [0.15, 0.2) is 24.3 Å². The zero-order chi connectivity index (χ0) is 13.8. The summed E-state index contributed by atoms with van der Waals surface area (Å²) in [5.74, 6) is 1.03. The van der Waals surface area contributed by atoms with Gasteiger partial charge >= 0.3 is 0 Å². The number of benzene rings is 1. The van der Waals surface area contributed by atoms with Gasteiger partial charge in [0.1, 0.15) is 5.82 Å². The molecule has 1 atom stereocenters. The fraction of sp³-hybridized carbons (Fsp3) is 0.533. The molecule has 4 heteroatoms. The number of hydrogen-bond acceptors (Lipinski definition) is 3. The van der Waals surface area contributed by atoms with Crippen molar-refractivity contribution >= 4 is 11.0 Å². The number of imidazole rings is 1. The summed E-state index contributed by atoms with van der Waals surface area (Å²) < 4.78 is 2.13. The van der Waals surface area contributed by atoms with E-state index in [9.17, 15) is 5.11 Å². The van der Waals surface area contributed by atoms with E-state index >= 15 is 0 Å². The molecule has 0 spiro atoms. The fourth-order valence-corrected chi connectivity index (χ4v) is 2.25. The Labute approximate surface area is 114 Å². The van der Waals surface area contributed by atoms with Crippen LogP contribution in [0.4, 0.5) is 0 Å². The van der Waals surface area contributed by atoms with Crippen LogP contribution in [0.2, 0.25) is 0 Å². The first-order valence-corrected chi connectivity index (χ1v) is 6.97. The van der Waals surface area contributed by atoms with E-state index in [0.29, 0.717) is 19.1 Å². The average molecular weight is 261 g/mol. The highest BCUT2D eigenvalue weighted by Crippen LogP contribution is 2.16. The molecule has 0 amide bonds. The minimum absolute atomic E-state index is 0.389. The van der Waals surface area contributed by atoms with Gasteiger partial charge in [0, 0.05) is 19.0 Å². The normalized spacial score (nSPS) is 13.3. The number of aliphatic hydroxyl groups is 1. The number of para-hydroxylation sites is 2. The standard InChI is InChI=1S/C15H23N3O/c1-4-15-17-13-7-5-6-8-14(13)18(15)10-12(19)9-16-11(2)3/h5-8,11-12,16,19H,4,9-10H2,1-3H3. The number of hydrogen-bond donors (Lipinski definition) is 2. The van der Waals surface area contributed by atoms with Gasteiger partial charge in [0.25, 0.3) is 0 Å². The molecule has 2 N–H and O–H groups in total. The number of aryl methyl sites for hydroxylation is 1. The molecule has 2 rings (SSSR count). The number of aromatic nitrogens is 2. The van der Waals surface area contributed by atoms with Gasteiger partial charge in [-0.25, -0.2) is 4.98 Å². The number of nitrogens with one attached hydrogen (secondary N) is 1. The topological polar surface area (TPSA) is 50.1 Å². The summed E-state index contributed by atoms with van der Waals surface area (Å²) in [4.78, 5) is 4.61. The quantitative estimate of drug-likeness (QED) is 0.835. The molecule has 104 valence electrons. The van der Waals surface area contributed by atoms with Crippen molar-refractivity contribution in [3.05, 3.63) is 30.1 Å². The van der Waals surface area contributed by atoms with Gasteiger partial charge in [0.15, 0.2) is 0 Å². The largest absolute Gasteiger partial charge is 0.390 e. The van der Waals surface area contributed by atoms with E-state index in [4.69, 9.17) is 0 Å². The Kier molecular flexibility index (Phi) is 4.56. The Hall–Kier alpha value is -1.39. The van der Waals surface area contributed by atoms with E-state index in [-0.39, 0.29) is 0 Å². The summed E-state index contributed by atoms with van der Waals surface area (Å²) in [6.45, 7) is 7.45. The monoisotopic (exact) mass is 261 g/mol. The van der Waals surface area contributed by atoms with Crippen molar-refractivity contribution in [2.75, 3.05) is 6.54 Å². The van der Waals surface area contributed by atoms with Crippen LogP contribution in [0, 0.1) is 0 Å². The third-order valence-electron chi connectivity index (χ3n) is 3.20. The molecule has 0 aliphatic rings. The van der Waals surface area contributed by atoms with Crippen molar-refractivity contribution in [3.8, 4) is 0 Å². The number of aliphatic hydroxyl groups excluding tert-OH is 1. The number of fused-ring (bicyclic) bond motifs is 1. The lowest BCUT2D eigenvalue weighted by Crippen LogP contribution is -2.34. The Balaban J connectivity index is 2.18. The van der Waals surface area contributed by atoms with Crippen LogP contribution in [-0.2, 0) is 13.0 Å². The summed E-state index contributed by atoms with van der Waals surface area (Å²) in [5, 5.41) is 13.4. The lowest BCUT2D eigenvalue weighted by Gasteiger charge is -2.16. The molecule has 0 fully saturated rings. The summed E-state index contributed by atoms with van der Waals surface area (Å²) in [6.07, 6.45) is 0.476. The molecule has 0 aliphatic heterocycles. The first-order chi connectivity index (χ1) is 9.11. The summed E-state index contributed by atoms with van der Waals surface area (Å²) in [6, 6.07) is 8.47. The van der Waals surface area contributed by atoms with Crippen LogP contribution >= 0.6 is 0 Å². The zero-order valence-corrected chi connectivity index (χ0v) is 11.9. The minimum atomic E-state index is -0.398. The molecule has 1 heterocycles. The highest BCUT2D eigenvalue weighted by molar-refractivity contribution is 5.75. The second-order valence-corrected chi connectivity index (χ2v) is 5.20. The van der Waals surface area contributed by atoms with Crippen molar-refractivity contribution in [1.29, 1.82) is 0 Å². The van der Waals surface area contributed by atoms with E-state index < -0.39 is 6.10 Å². The second-order valence-electron chi connectivity index (χ2n) is 5.20. The maximum atomic E-state index is 10.1. The Bertz CT molecular complexity index is 533. The van der Waals surface area contributed by atoms with Crippen molar-refractivity contribution < 1.29 is 5.11 Å². The summed E-state index contributed by atoms with van der Waals surface area (Å²) >= 11 is 0. The molecular formula is C15H23N3O. The Morgan fingerprint density at radius 2 is 2.05 bits per heavy atom. The van der Waals surface area contributed by atoms with Crippen LogP contribution < -0.4 is 5.32 Å². The van der Waals surface area contributed by atoms with E-state index in [1.807, 2.05) is 18.2 Å². The first kappa shape index (κ1) is 14.0. The smallest absolute Gasteiger partial charge is 0.109 e. The predicted octanol–water partition coefficient (Wildman–Crippen LogP) is 1.96. The molecule has 0 saturated carbocycles. The number of nitrogens with zero attached hydrogens (tertiary/aromatic N) is 2. The van der Waals surface area contributed by atoms with Gasteiger partial charge in [-0.05, 0) is 12.1 Å². The molecule has 4 nitrogen and oxygen atoms in total. The Morgan fingerprint density at radius 3 is 2.74 bits per heavy atom. The summed E-state index contributed by atoms with van der Waals surface area (Å²) in [5.41, 5.74) is 2.10. The lowest BCUT2D eigenvalue weighted by molar-refractivity contribution is 0.149. The molecule has 1 unspecified atom stereocenters. The first-order valence-electron chi connectivity index (χ1n) is 6.97. The highest BCUT2D eigenvalue weighted by Gasteiger charge is 2.13. The summed E-state index contributed by atoms with van der Waals surface area (Å²) in [7, 11) is 0. The lowest BCUT2D eigenvalue weighted by atomic mass is 10.2. The molecule has 1 aromatic carbocycles. The SMILES string of the molecule is CCc1nc2ccccc2n1CC(O)CNC(C)C. The van der Waals surface area contributed by atoms with Crippen LogP contribution in [0.1, 0.15) is 26.6 Å². The molecular weight excluding hydrogens is 238 g/mol. The molecule has 0 saturated heterocycles.